The van der Waals surface area contributed by atoms with E-state index in [1.54, 1.807) is 0 Å². The van der Waals surface area contributed by atoms with Crippen molar-refractivity contribution in [2.24, 2.45) is 11.8 Å². The molecular formula is C19H31N3O3. The first kappa shape index (κ1) is 19.5. The Labute approximate surface area is 150 Å². The van der Waals surface area contributed by atoms with Gasteiger partial charge in [-0.25, -0.2) is 0 Å². The van der Waals surface area contributed by atoms with Crippen LogP contribution in [0.5, 0.6) is 0 Å². The molecule has 1 aliphatic carbocycles. The molecule has 2 rings (SSSR count). The first-order valence-corrected chi connectivity index (χ1v) is 9.33. The molecule has 1 fully saturated rings. The van der Waals surface area contributed by atoms with E-state index in [1.807, 2.05) is 11.6 Å². The van der Waals surface area contributed by atoms with Crippen LogP contribution in [0.25, 0.3) is 0 Å². The third-order valence-electron chi connectivity index (χ3n) is 5.11. The Morgan fingerprint density at radius 2 is 1.88 bits per heavy atom. The summed E-state index contributed by atoms with van der Waals surface area (Å²) < 4.78 is 2.04. The summed E-state index contributed by atoms with van der Waals surface area (Å²) in [5.74, 6) is -0.372. The van der Waals surface area contributed by atoms with Crippen LogP contribution in [0.3, 0.4) is 0 Å². The molecule has 1 aromatic heterocycles. The lowest BCUT2D eigenvalue weighted by molar-refractivity contribution is -0.142. The number of carbonyl (C=O) groups is 2. The fourth-order valence-electron chi connectivity index (χ4n) is 3.64. The van der Waals surface area contributed by atoms with E-state index in [4.69, 9.17) is 5.11 Å². The molecular weight excluding hydrogens is 318 g/mol. The molecule has 0 bridgehead atoms. The van der Waals surface area contributed by atoms with Crippen LogP contribution in [0.15, 0.2) is 0 Å². The van der Waals surface area contributed by atoms with Crippen molar-refractivity contribution in [2.75, 3.05) is 0 Å². The van der Waals surface area contributed by atoms with Crippen molar-refractivity contribution in [1.29, 1.82) is 0 Å². The number of rotatable bonds is 7. The lowest BCUT2D eigenvalue weighted by atomic mass is 9.86. The zero-order valence-electron chi connectivity index (χ0n) is 15.8. The smallest absolute Gasteiger partial charge is 0.306 e. The number of nitrogens with one attached hydrogen (secondary N) is 1. The predicted octanol–water partition coefficient (Wildman–Crippen LogP) is 2.85. The average Bonchev–Trinajstić information content (AvgIpc) is 2.79. The standard InChI is InChI=1S/C19H31N3O3/c1-12(2)11-22-14(4)17(13(3)21-22)9-10-18(23)20-16-7-5-15(6-8-16)19(24)25/h12,15-16H,5-11H2,1-4H3,(H,20,23)(H,24,25). The molecule has 140 valence electrons. The van der Waals surface area contributed by atoms with E-state index < -0.39 is 5.97 Å². The van der Waals surface area contributed by atoms with Gasteiger partial charge in [0.05, 0.1) is 11.6 Å². The molecule has 1 aromatic rings. The van der Waals surface area contributed by atoms with Crippen molar-refractivity contribution in [3.63, 3.8) is 0 Å². The third kappa shape index (κ3) is 5.31. The maximum absolute atomic E-state index is 12.3. The number of aryl methyl sites for hydroxylation is 1. The van der Waals surface area contributed by atoms with Crippen LogP contribution in [0.4, 0.5) is 0 Å². The summed E-state index contributed by atoms with van der Waals surface area (Å²) in [6, 6.07) is 0.119. The van der Waals surface area contributed by atoms with Gasteiger partial charge in [0.1, 0.15) is 0 Å². The Hall–Kier alpha value is -1.85. The predicted molar refractivity (Wildman–Crippen MR) is 96.4 cm³/mol. The highest BCUT2D eigenvalue weighted by molar-refractivity contribution is 5.76. The molecule has 6 heteroatoms. The minimum atomic E-state index is -0.714. The molecule has 1 heterocycles. The van der Waals surface area contributed by atoms with Gasteiger partial charge in [-0.15, -0.1) is 0 Å². The van der Waals surface area contributed by atoms with Gasteiger partial charge in [0.15, 0.2) is 0 Å². The minimum absolute atomic E-state index is 0.0502. The van der Waals surface area contributed by atoms with Gasteiger partial charge in [-0.2, -0.15) is 5.10 Å². The summed E-state index contributed by atoms with van der Waals surface area (Å²) in [5, 5.41) is 16.7. The number of amides is 1. The summed E-state index contributed by atoms with van der Waals surface area (Å²) in [7, 11) is 0. The van der Waals surface area contributed by atoms with E-state index in [9.17, 15) is 9.59 Å². The fraction of sp³-hybridized carbons (Fsp3) is 0.737. The van der Waals surface area contributed by atoms with Crippen LogP contribution in [0.1, 0.15) is 62.9 Å². The zero-order chi connectivity index (χ0) is 18.6. The monoisotopic (exact) mass is 349 g/mol. The number of hydrogen-bond donors (Lipinski definition) is 2. The van der Waals surface area contributed by atoms with E-state index in [2.05, 4.69) is 31.2 Å². The fourth-order valence-corrected chi connectivity index (χ4v) is 3.64. The van der Waals surface area contributed by atoms with E-state index in [0.29, 0.717) is 31.6 Å². The topological polar surface area (TPSA) is 84.2 Å². The van der Waals surface area contributed by atoms with Crippen molar-refractivity contribution >= 4 is 11.9 Å². The molecule has 2 N–H and O–H groups in total. The second-order valence-corrected chi connectivity index (χ2v) is 7.68. The van der Waals surface area contributed by atoms with Crippen molar-refractivity contribution in [3.8, 4) is 0 Å². The van der Waals surface area contributed by atoms with Gasteiger partial charge in [0.2, 0.25) is 5.91 Å². The van der Waals surface area contributed by atoms with Crippen molar-refractivity contribution in [2.45, 2.75) is 78.8 Å². The summed E-state index contributed by atoms with van der Waals surface area (Å²) in [5.41, 5.74) is 3.33. The molecule has 1 saturated carbocycles. The molecule has 0 unspecified atom stereocenters. The lowest BCUT2D eigenvalue weighted by Crippen LogP contribution is -2.38. The number of aliphatic carboxylic acids is 1. The number of hydrogen-bond acceptors (Lipinski definition) is 3. The van der Waals surface area contributed by atoms with Crippen molar-refractivity contribution in [1.82, 2.24) is 15.1 Å². The maximum Gasteiger partial charge on any atom is 0.306 e. The maximum atomic E-state index is 12.3. The number of aromatic nitrogens is 2. The normalized spacial score (nSPS) is 20.7. The lowest BCUT2D eigenvalue weighted by Gasteiger charge is -2.26. The summed E-state index contributed by atoms with van der Waals surface area (Å²) in [4.78, 5) is 23.2. The average molecular weight is 349 g/mol. The van der Waals surface area contributed by atoms with Gasteiger partial charge in [0.25, 0.3) is 0 Å². The molecule has 1 aliphatic rings. The highest BCUT2D eigenvalue weighted by atomic mass is 16.4. The van der Waals surface area contributed by atoms with Gasteiger partial charge >= 0.3 is 5.97 Å². The second kappa shape index (κ2) is 8.50. The Kier molecular flexibility index (Phi) is 6.62. The molecule has 1 amide bonds. The number of carbonyl (C=O) groups excluding carboxylic acids is 1. The van der Waals surface area contributed by atoms with Gasteiger partial charge in [-0.05, 0) is 57.4 Å². The molecule has 0 atom stereocenters. The van der Waals surface area contributed by atoms with Crippen LogP contribution in [0, 0.1) is 25.7 Å². The van der Waals surface area contributed by atoms with Gasteiger partial charge in [0, 0.05) is 24.7 Å². The molecule has 0 spiro atoms. The number of carboxylic acids is 1. The number of carboxylic acid groups (broad SMARTS) is 1. The van der Waals surface area contributed by atoms with Crippen LogP contribution in [-0.2, 0) is 22.6 Å². The highest BCUT2D eigenvalue weighted by Crippen LogP contribution is 2.24. The third-order valence-corrected chi connectivity index (χ3v) is 5.11. The van der Waals surface area contributed by atoms with Crippen LogP contribution in [0.2, 0.25) is 0 Å². The molecule has 25 heavy (non-hydrogen) atoms. The summed E-state index contributed by atoms with van der Waals surface area (Å²) in [6.45, 7) is 9.31. The number of nitrogens with zero attached hydrogens (tertiary/aromatic N) is 2. The SMILES string of the molecule is Cc1nn(CC(C)C)c(C)c1CCC(=O)NC1CCC(C(=O)O)CC1. The van der Waals surface area contributed by atoms with E-state index in [1.165, 1.54) is 5.56 Å². The van der Waals surface area contributed by atoms with E-state index in [-0.39, 0.29) is 17.9 Å². The van der Waals surface area contributed by atoms with Gasteiger partial charge in [-0.1, -0.05) is 13.8 Å². The molecule has 6 nitrogen and oxygen atoms in total. The molecule has 0 saturated heterocycles. The Morgan fingerprint density at radius 3 is 2.44 bits per heavy atom. The molecule has 0 aliphatic heterocycles. The first-order chi connectivity index (χ1) is 11.8. The van der Waals surface area contributed by atoms with E-state index >= 15 is 0 Å². The van der Waals surface area contributed by atoms with Gasteiger partial charge < -0.3 is 10.4 Å². The van der Waals surface area contributed by atoms with Crippen molar-refractivity contribution < 1.29 is 14.7 Å². The first-order valence-electron chi connectivity index (χ1n) is 9.33. The summed E-state index contributed by atoms with van der Waals surface area (Å²) >= 11 is 0. The zero-order valence-corrected chi connectivity index (χ0v) is 15.8. The van der Waals surface area contributed by atoms with Crippen LogP contribution >= 0.6 is 0 Å². The van der Waals surface area contributed by atoms with E-state index in [0.717, 1.165) is 30.8 Å². The largest absolute Gasteiger partial charge is 0.481 e. The highest BCUT2D eigenvalue weighted by Gasteiger charge is 2.26. The molecule has 0 radical (unpaired) electrons. The minimum Gasteiger partial charge on any atom is -0.481 e. The quantitative estimate of drug-likeness (QED) is 0.793. The van der Waals surface area contributed by atoms with Crippen LogP contribution < -0.4 is 5.32 Å². The Morgan fingerprint density at radius 1 is 1.24 bits per heavy atom. The second-order valence-electron chi connectivity index (χ2n) is 7.68. The van der Waals surface area contributed by atoms with Crippen molar-refractivity contribution in [3.05, 3.63) is 17.0 Å². The van der Waals surface area contributed by atoms with Gasteiger partial charge in [-0.3, -0.25) is 14.3 Å². The Balaban J connectivity index is 1.83. The summed E-state index contributed by atoms with van der Waals surface area (Å²) in [6.07, 6.45) is 3.97. The molecule has 0 aromatic carbocycles. The Bertz CT molecular complexity index is 614. The van der Waals surface area contributed by atoms with Crippen LogP contribution in [-0.4, -0.2) is 32.8 Å².